The molecule has 106 valence electrons. The summed E-state index contributed by atoms with van der Waals surface area (Å²) in [5.41, 5.74) is 3.83. The first kappa shape index (κ1) is 13.8. The van der Waals surface area contributed by atoms with Crippen molar-refractivity contribution in [3.05, 3.63) is 57.9 Å². The molecule has 2 aromatic carbocycles. The van der Waals surface area contributed by atoms with Crippen molar-refractivity contribution in [1.82, 2.24) is 4.98 Å². The van der Waals surface area contributed by atoms with Crippen LogP contribution in [-0.4, -0.2) is 10.9 Å². The van der Waals surface area contributed by atoms with E-state index in [1.54, 1.807) is 31.2 Å². The summed E-state index contributed by atoms with van der Waals surface area (Å²) >= 11 is 3.43. The van der Waals surface area contributed by atoms with Gasteiger partial charge in [0.25, 0.3) is 5.91 Å². The molecular formula is C16H13BrN2O2. The Hall–Kier alpha value is -2.14. The Balaban J connectivity index is 1.86. The fraction of sp³-hybridized carbons (Fsp3) is 0.125. The first-order valence-corrected chi connectivity index (χ1v) is 7.27. The van der Waals surface area contributed by atoms with E-state index in [1.165, 1.54) is 0 Å². The minimum absolute atomic E-state index is 0.157. The Labute approximate surface area is 130 Å². The standard InChI is InChI=1S/C16H13BrN2O2/c1-9-3-4-11(7-13(9)17)16(20)19-12-5-6-15-14(8-12)18-10(2)21-15/h3-8H,1-2H3,(H,19,20). The number of hydrogen-bond donors (Lipinski definition) is 1. The van der Waals surface area contributed by atoms with E-state index in [0.29, 0.717) is 22.7 Å². The van der Waals surface area contributed by atoms with Crippen molar-refractivity contribution in [3.8, 4) is 0 Å². The van der Waals surface area contributed by atoms with E-state index < -0.39 is 0 Å². The number of aryl methyl sites for hydroxylation is 2. The van der Waals surface area contributed by atoms with Gasteiger partial charge in [-0.2, -0.15) is 0 Å². The molecule has 0 aliphatic rings. The first-order chi connectivity index (χ1) is 10.0. The van der Waals surface area contributed by atoms with E-state index in [9.17, 15) is 4.79 Å². The Kier molecular flexibility index (Phi) is 3.51. The minimum Gasteiger partial charge on any atom is -0.441 e. The number of fused-ring (bicyclic) bond motifs is 1. The van der Waals surface area contributed by atoms with Gasteiger partial charge in [-0.25, -0.2) is 4.98 Å². The van der Waals surface area contributed by atoms with Crippen LogP contribution in [0.1, 0.15) is 21.8 Å². The third-order valence-corrected chi connectivity index (χ3v) is 4.04. The molecular weight excluding hydrogens is 332 g/mol. The summed E-state index contributed by atoms with van der Waals surface area (Å²) in [4.78, 5) is 16.5. The van der Waals surface area contributed by atoms with Gasteiger partial charge in [0.05, 0.1) is 0 Å². The van der Waals surface area contributed by atoms with E-state index in [2.05, 4.69) is 26.2 Å². The summed E-state index contributed by atoms with van der Waals surface area (Å²) < 4.78 is 6.33. The monoisotopic (exact) mass is 344 g/mol. The number of halogens is 1. The largest absolute Gasteiger partial charge is 0.441 e. The van der Waals surface area contributed by atoms with E-state index in [-0.39, 0.29) is 5.91 Å². The lowest BCUT2D eigenvalue weighted by Gasteiger charge is -2.06. The molecule has 5 heteroatoms. The summed E-state index contributed by atoms with van der Waals surface area (Å²) in [5, 5.41) is 2.86. The fourth-order valence-electron chi connectivity index (χ4n) is 2.06. The second kappa shape index (κ2) is 5.33. The normalized spacial score (nSPS) is 10.8. The van der Waals surface area contributed by atoms with Crippen LogP contribution in [-0.2, 0) is 0 Å². The number of hydrogen-bond acceptors (Lipinski definition) is 3. The SMILES string of the molecule is Cc1nc2cc(NC(=O)c3ccc(C)c(Br)c3)ccc2o1. The molecule has 0 atom stereocenters. The van der Waals surface area contributed by atoms with Gasteiger partial charge >= 0.3 is 0 Å². The van der Waals surface area contributed by atoms with Crippen LogP contribution in [0.2, 0.25) is 0 Å². The van der Waals surface area contributed by atoms with Gasteiger partial charge in [0.15, 0.2) is 11.5 Å². The van der Waals surface area contributed by atoms with E-state index >= 15 is 0 Å². The molecule has 0 saturated carbocycles. The number of aromatic nitrogens is 1. The Morgan fingerprint density at radius 2 is 2.00 bits per heavy atom. The summed E-state index contributed by atoms with van der Waals surface area (Å²) in [6.45, 7) is 3.77. The highest BCUT2D eigenvalue weighted by Gasteiger charge is 2.09. The maximum absolute atomic E-state index is 12.2. The molecule has 0 fully saturated rings. The van der Waals surface area contributed by atoms with Crippen LogP contribution >= 0.6 is 15.9 Å². The number of benzene rings is 2. The molecule has 0 radical (unpaired) electrons. The van der Waals surface area contributed by atoms with Crippen molar-refractivity contribution >= 4 is 38.6 Å². The quantitative estimate of drug-likeness (QED) is 0.746. The highest BCUT2D eigenvalue weighted by atomic mass is 79.9. The first-order valence-electron chi connectivity index (χ1n) is 6.47. The molecule has 1 aromatic heterocycles. The Morgan fingerprint density at radius 3 is 2.76 bits per heavy atom. The molecule has 3 rings (SSSR count). The van der Waals surface area contributed by atoms with Crippen LogP contribution < -0.4 is 5.32 Å². The highest BCUT2D eigenvalue weighted by molar-refractivity contribution is 9.10. The highest BCUT2D eigenvalue weighted by Crippen LogP contribution is 2.21. The zero-order valence-corrected chi connectivity index (χ0v) is 13.2. The second-order valence-electron chi connectivity index (χ2n) is 4.83. The zero-order valence-electron chi connectivity index (χ0n) is 11.6. The number of rotatable bonds is 2. The van der Waals surface area contributed by atoms with Crippen LogP contribution in [0.25, 0.3) is 11.1 Å². The number of nitrogens with one attached hydrogen (secondary N) is 1. The van der Waals surface area contributed by atoms with Gasteiger partial charge in [0, 0.05) is 22.6 Å². The number of amides is 1. The van der Waals surface area contributed by atoms with Gasteiger partial charge in [0.2, 0.25) is 0 Å². The molecule has 0 aliphatic carbocycles. The number of carbonyl (C=O) groups excluding carboxylic acids is 1. The van der Waals surface area contributed by atoms with Gasteiger partial charge in [-0.05, 0) is 42.8 Å². The van der Waals surface area contributed by atoms with Gasteiger partial charge in [-0.15, -0.1) is 0 Å². The van der Waals surface area contributed by atoms with Crippen molar-refractivity contribution < 1.29 is 9.21 Å². The zero-order chi connectivity index (χ0) is 15.0. The summed E-state index contributed by atoms with van der Waals surface area (Å²) in [6, 6.07) is 10.9. The fourth-order valence-corrected chi connectivity index (χ4v) is 2.44. The smallest absolute Gasteiger partial charge is 0.255 e. The van der Waals surface area contributed by atoms with E-state index in [0.717, 1.165) is 15.6 Å². The number of carbonyl (C=O) groups is 1. The van der Waals surface area contributed by atoms with Crippen LogP contribution in [0, 0.1) is 13.8 Å². The van der Waals surface area contributed by atoms with Crippen molar-refractivity contribution in [2.45, 2.75) is 13.8 Å². The number of anilines is 1. The molecule has 21 heavy (non-hydrogen) atoms. The molecule has 0 aliphatic heterocycles. The van der Waals surface area contributed by atoms with Crippen LogP contribution in [0.5, 0.6) is 0 Å². The average Bonchev–Trinajstić information content (AvgIpc) is 2.81. The van der Waals surface area contributed by atoms with Crippen LogP contribution in [0.4, 0.5) is 5.69 Å². The second-order valence-corrected chi connectivity index (χ2v) is 5.69. The maximum Gasteiger partial charge on any atom is 0.255 e. The molecule has 0 unspecified atom stereocenters. The number of oxazole rings is 1. The molecule has 3 aromatic rings. The van der Waals surface area contributed by atoms with Gasteiger partial charge in [-0.3, -0.25) is 4.79 Å². The predicted molar refractivity (Wildman–Crippen MR) is 85.6 cm³/mol. The molecule has 1 amide bonds. The summed E-state index contributed by atoms with van der Waals surface area (Å²) in [5.74, 6) is 0.450. The van der Waals surface area contributed by atoms with Crippen molar-refractivity contribution in [2.24, 2.45) is 0 Å². The molecule has 1 heterocycles. The van der Waals surface area contributed by atoms with Gasteiger partial charge in [0.1, 0.15) is 5.52 Å². The average molecular weight is 345 g/mol. The third kappa shape index (κ3) is 2.83. The lowest BCUT2D eigenvalue weighted by Crippen LogP contribution is -2.11. The van der Waals surface area contributed by atoms with Crippen LogP contribution in [0.3, 0.4) is 0 Å². The maximum atomic E-state index is 12.2. The van der Waals surface area contributed by atoms with Crippen molar-refractivity contribution in [3.63, 3.8) is 0 Å². The lowest BCUT2D eigenvalue weighted by molar-refractivity contribution is 0.102. The molecule has 1 N–H and O–H groups in total. The Bertz CT molecular complexity index is 839. The van der Waals surface area contributed by atoms with E-state index in [1.807, 2.05) is 19.1 Å². The van der Waals surface area contributed by atoms with E-state index in [4.69, 9.17) is 4.42 Å². The number of nitrogens with zero attached hydrogens (tertiary/aromatic N) is 1. The van der Waals surface area contributed by atoms with Gasteiger partial charge < -0.3 is 9.73 Å². The lowest BCUT2D eigenvalue weighted by atomic mass is 10.1. The third-order valence-electron chi connectivity index (χ3n) is 3.19. The topological polar surface area (TPSA) is 55.1 Å². The Morgan fingerprint density at radius 1 is 1.19 bits per heavy atom. The van der Waals surface area contributed by atoms with Crippen molar-refractivity contribution in [1.29, 1.82) is 0 Å². The molecule has 0 saturated heterocycles. The van der Waals surface area contributed by atoms with Crippen molar-refractivity contribution in [2.75, 3.05) is 5.32 Å². The molecule has 0 spiro atoms. The van der Waals surface area contributed by atoms with Gasteiger partial charge in [-0.1, -0.05) is 22.0 Å². The summed E-state index contributed by atoms with van der Waals surface area (Å²) in [7, 11) is 0. The molecule has 0 bridgehead atoms. The minimum atomic E-state index is -0.157. The molecule has 4 nitrogen and oxygen atoms in total. The van der Waals surface area contributed by atoms with Crippen LogP contribution in [0.15, 0.2) is 45.3 Å². The predicted octanol–water partition coefficient (Wildman–Crippen LogP) is 4.46. The summed E-state index contributed by atoms with van der Waals surface area (Å²) in [6.07, 6.45) is 0.